The second kappa shape index (κ2) is 9.28. The van der Waals surface area contributed by atoms with Gasteiger partial charge in [-0.2, -0.15) is 5.10 Å². The van der Waals surface area contributed by atoms with Crippen LogP contribution in [0.15, 0.2) is 30.3 Å². The topological polar surface area (TPSA) is 48.3 Å². The Morgan fingerprint density at radius 1 is 1.42 bits per heavy atom. The van der Waals surface area contributed by atoms with E-state index in [0.29, 0.717) is 19.8 Å². The first-order valence-electron chi connectivity index (χ1n) is 7.94. The van der Waals surface area contributed by atoms with Gasteiger partial charge >= 0.3 is 0 Å². The van der Waals surface area contributed by atoms with Crippen molar-refractivity contribution in [1.29, 1.82) is 0 Å². The van der Waals surface area contributed by atoms with Crippen LogP contribution >= 0.6 is 24.0 Å². The van der Waals surface area contributed by atoms with Gasteiger partial charge in [-0.05, 0) is 37.6 Å². The molecule has 1 aromatic carbocycles. The summed E-state index contributed by atoms with van der Waals surface area (Å²) in [4.78, 5) is 0. The highest BCUT2D eigenvalue weighted by Crippen LogP contribution is 2.26. The minimum Gasteiger partial charge on any atom is -0.473 e. The van der Waals surface area contributed by atoms with Crippen molar-refractivity contribution >= 4 is 24.0 Å². The van der Waals surface area contributed by atoms with Gasteiger partial charge in [-0.1, -0.05) is 23.7 Å². The van der Waals surface area contributed by atoms with Crippen LogP contribution in [0, 0.1) is 0 Å². The molecule has 132 valence electrons. The number of hydrogen-bond donors (Lipinski definition) is 1. The molecule has 1 aliphatic heterocycles. The van der Waals surface area contributed by atoms with Crippen LogP contribution in [-0.4, -0.2) is 30.0 Å². The zero-order valence-corrected chi connectivity index (χ0v) is 15.3. The van der Waals surface area contributed by atoms with Crippen molar-refractivity contribution in [3.8, 4) is 5.88 Å². The van der Waals surface area contributed by atoms with Gasteiger partial charge in [0.05, 0.1) is 18.3 Å². The molecule has 0 saturated carbocycles. The van der Waals surface area contributed by atoms with E-state index in [1.807, 2.05) is 42.1 Å². The van der Waals surface area contributed by atoms with Crippen LogP contribution in [0.3, 0.4) is 0 Å². The number of benzene rings is 1. The van der Waals surface area contributed by atoms with Crippen molar-refractivity contribution in [3.63, 3.8) is 0 Å². The highest BCUT2D eigenvalue weighted by molar-refractivity contribution is 6.30. The molecule has 5 nitrogen and oxygen atoms in total. The normalized spacial score (nSPS) is 17.3. The van der Waals surface area contributed by atoms with Gasteiger partial charge in [-0.15, -0.1) is 12.4 Å². The van der Waals surface area contributed by atoms with E-state index in [9.17, 15) is 0 Å². The SMILES string of the molecule is CNCc1cc(OCc2cccc(Cl)c2)n(C2CCCOC2)n1.Cl. The highest BCUT2D eigenvalue weighted by Gasteiger charge is 2.21. The van der Waals surface area contributed by atoms with E-state index in [2.05, 4.69) is 10.4 Å². The molecule has 0 bridgehead atoms. The van der Waals surface area contributed by atoms with E-state index >= 15 is 0 Å². The van der Waals surface area contributed by atoms with Crippen molar-refractivity contribution in [1.82, 2.24) is 15.1 Å². The predicted molar refractivity (Wildman–Crippen MR) is 97.1 cm³/mol. The van der Waals surface area contributed by atoms with Crippen LogP contribution in [0.4, 0.5) is 0 Å². The van der Waals surface area contributed by atoms with Crippen LogP contribution in [-0.2, 0) is 17.9 Å². The van der Waals surface area contributed by atoms with Gasteiger partial charge in [-0.3, -0.25) is 0 Å². The summed E-state index contributed by atoms with van der Waals surface area (Å²) in [5.74, 6) is 0.783. The summed E-state index contributed by atoms with van der Waals surface area (Å²) in [6, 6.07) is 9.95. The zero-order chi connectivity index (χ0) is 16.1. The Morgan fingerprint density at radius 2 is 2.29 bits per heavy atom. The lowest BCUT2D eigenvalue weighted by atomic mass is 10.1. The lowest BCUT2D eigenvalue weighted by Crippen LogP contribution is -2.23. The Labute approximate surface area is 153 Å². The van der Waals surface area contributed by atoms with E-state index < -0.39 is 0 Å². The number of hydrogen-bond acceptors (Lipinski definition) is 4. The second-order valence-electron chi connectivity index (χ2n) is 5.74. The smallest absolute Gasteiger partial charge is 0.212 e. The van der Waals surface area contributed by atoms with Crippen LogP contribution < -0.4 is 10.1 Å². The molecule has 0 radical (unpaired) electrons. The van der Waals surface area contributed by atoms with Gasteiger partial charge in [0, 0.05) is 24.2 Å². The fraction of sp³-hybridized carbons (Fsp3) is 0.471. The predicted octanol–water partition coefficient (Wildman–Crippen LogP) is 3.61. The Bertz CT molecular complexity index is 643. The van der Waals surface area contributed by atoms with E-state index in [1.54, 1.807) is 0 Å². The van der Waals surface area contributed by atoms with Gasteiger partial charge in [0.25, 0.3) is 0 Å². The number of nitrogens with one attached hydrogen (secondary N) is 1. The van der Waals surface area contributed by atoms with Crippen molar-refractivity contribution in [2.75, 3.05) is 20.3 Å². The van der Waals surface area contributed by atoms with E-state index in [0.717, 1.165) is 41.6 Å². The third-order valence-corrected chi connectivity index (χ3v) is 4.10. The quantitative estimate of drug-likeness (QED) is 0.842. The molecule has 1 saturated heterocycles. The molecule has 0 amide bonds. The number of nitrogens with zero attached hydrogens (tertiary/aromatic N) is 2. The minimum absolute atomic E-state index is 0. The molecule has 7 heteroatoms. The third kappa shape index (κ3) is 4.86. The van der Waals surface area contributed by atoms with Crippen LogP contribution in [0.25, 0.3) is 0 Å². The van der Waals surface area contributed by atoms with Crippen molar-refractivity contribution in [2.24, 2.45) is 0 Å². The lowest BCUT2D eigenvalue weighted by Gasteiger charge is -2.24. The van der Waals surface area contributed by atoms with E-state index in [-0.39, 0.29) is 18.4 Å². The standard InChI is InChI=1S/C17H22ClN3O2.ClH/c1-19-10-15-9-17(21(20-15)16-6-3-7-22-12-16)23-11-13-4-2-5-14(18)8-13;/h2,4-5,8-9,16,19H,3,6-7,10-12H2,1H3;1H. The number of rotatable bonds is 6. The zero-order valence-electron chi connectivity index (χ0n) is 13.7. The first-order chi connectivity index (χ1) is 11.3. The molecule has 24 heavy (non-hydrogen) atoms. The number of ether oxygens (including phenoxy) is 2. The molecule has 2 heterocycles. The second-order valence-corrected chi connectivity index (χ2v) is 6.17. The highest BCUT2D eigenvalue weighted by atomic mass is 35.5. The fourth-order valence-electron chi connectivity index (χ4n) is 2.76. The first kappa shape index (κ1) is 19.1. The molecule has 2 aromatic rings. The molecule has 1 atom stereocenters. The number of aromatic nitrogens is 2. The molecule has 1 aliphatic rings. The van der Waals surface area contributed by atoms with Gasteiger partial charge in [-0.25, -0.2) is 4.68 Å². The summed E-state index contributed by atoms with van der Waals surface area (Å²) in [6.07, 6.45) is 2.12. The van der Waals surface area contributed by atoms with Crippen molar-refractivity contribution in [2.45, 2.75) is 32.0 Å². The maximum absolute atomic E-state index is 6.03. The van der Waals surface area contributed by atoms with Crippen LogP contribution in [0.5, 0.6) is 5.88 Å². The molecule has 1 N–H and O–H groups in total. The summed E-state index contributed by atoms with van der Waals surface area (Å²) in [6.45, 7) is 2.71. The van der Waals surface area contributed by atoms with Gasteiger partial charge in [0.1, 0.15) is 6.61 Å². The maximum atomic E-state index is 6.03. The van der Waals surface area contributed by atoms with Gasteiger partial charge in [0.15, 0.2) is 0 Å². The monoisotopic (exact) mass is 371 g/mol. The van der Waals surface area contributed by atoms with Gasteiger partial charge in [0.2, 0.25) is 5.88 Å². The largest absolute Gasteiger partial charge is 0.473 e. The summed E-state index contributed by atoms with van der Waals surface area (Å²) in [7, 11) is 1.91. The molecule has 1 aromatic heterocycles. The fourth-order valence-corrected chi connectivity index (χ4v) is 2.98. The summed E-state index contributed by atoms with van der Waals surface area (Å²) >= 11 is 6.03. The van der Waals surface area contributed by atoms with Crippen LogP contribution in [0.2, 0.25) is 5.02 Å². The molecule has 1 unspecified atom stereocenters. The molecule has 0 spiro atoms. The molecule has 3 rings (SSSR count). The molecular weight excluding hydrogens is 349 g/mol. The van der Waals surface area contributed by atoms with Gasteiger partial charge < -0.3 is 14.8 Å². The Kier molecular flexibility index (Phi) is 7.37. The molecule has 1 fully saturated rings. The van der Waals surface area contributed by atoms with E-state index in [1.165, 1.54) is 0 Å². The van der Waals surface area contributed by atoms with Crippen molar-refractivity contribution in [3.05, 3.63) is 46.6 Å². The minimum atomic E-state index is 0. The average Bonchev–Trinajstić information content (AvgIpc) is 2.97. The first-order valence-corrected chi connectivity index (χ1v) is 8.32. The van der Waals surface area contributed by atoms with Crippen LogP contribution in [0.1, 0.15) is 30.1 Å². The van der Waals surface area contributed by atoms with Crippen molar-refractivity contribution < 1.29 is 9.47 Å². The number of halogens is 2. The molecule has 0 aliphatic carbocycles. The summed E-state index contributed by atoms with van der Waals surface area (Å²) < 4.78 is 13.6. The Morgan fingerprint density at radius 3 is 3.00 bits per heavy atom. The summed E-state index contributed by atoms with van der Waals surface area (Å²) in [5, 5.41) is 8.52. The maximum Gasteiger partial charge on any atom is 0.212 e. The summed E-state index contributed by atoms with van der Waals surface area (Å²) in [5.41, 5.74) is 2.01. The average molecular weight is 372 g/mol. The lowest BCUT2D eigenvalue weighted by molar-refractivity contribution is 0.0505. The third-order valence-electron chi connectivity index (χ3n) is 3.87. The Balaban J connectivity index is 0.00000208. The molecular formula is C17H23Cl2N3O2. The Hall–Kier alpha value is -1.27. The van der Waals surface area contributed by atoms with E-state index in [4.69, 9.17) is 21.1 Å².